The number of hydrogen-bond acceptors (Lipinski definition) is 3. The lowest BCUT2D eigenvalue weighted by Crippen LogP contribution is -2.10. The first kappa shape index (κ1) is 12.2. The van der Waals surface area contributed by atoms with Crippen LogP contribution in [0.15, 0.2) is 24.3 Å². The lowest BCUT2D eigenvalue weighted by Gasteiger charge is -2.06. The predicted molar refractivity (Wildman–Crippen MR) is 60.8 cm³/mol. The average Bonchev–Trinajstić information content (AvgIpc) is 2.27. The molecule has 0 unspecified atom stereocenters. The summed E-state index contributed by atoms with van der Waals surface area (Å²) in [5.41, 5.74) is 1.58. The number of nitrogens with one attached hydrogen (secondary N) is 1. The van der Waals surface area contributed by atoms with Gasteiger partial charge in [0.1, 0.15) is 6.61 Å². The van der Waals surface area contributed by atoms with E-state index in [9.17, 15) is 9.59 Å². The quantitative estimate of drug-likeness (QED) is 0.748. The van der Waals surface area contributed by atoms with Gasteiger partial charge >= 0.3 is 0 Å². The van der Waals surface area contributed by atoms with Crippen molar-refractivity contribution in [2.75, 3.05) is 5.32 Å². The van der Waals surface area contributed by atoms with Crippen LogP contribution < -0.4 is 5.32 Å². The Bertz CT molecular complexity index is 363. The lowest BCUT2D eigenvalue weighted by molar-refractivity contribution is -0.129. The van der Waals surface area contributed by atoms with Crippen LogP contribution >= 0.6 is 0 Å². The third-order valence-electron chi connectivity index (χ3n) is 2.01. The molecule has 0 bridgehead atoms. The summed E-state index contributed by atoms with van der Waals surface area (Å²) in [5.74, 6) is -0.00374. The number of ether oxygens (including phenoxy) is 1. The molecule has 0 radical (unpaired) electrons. The fraction of sp³-hybridized carbons (Fsp3) is 0.333. The maximum absolute atomic E-state index is 11.3. The molecule has 0 fully saturated rings. The zero-order chi connectivity index (χ0) is 11.8. The van der Waals surface area contributed by atoms with Gasteiger partial charge in [-0.3, -0.25) is 9.59 Å². The highest BCUT2D eigenvalue weighted by Gasteiger charge is 2.01. The maximum Gasteiger partial charge on any atom is 0.293 e. The van der Waals surface area contributed by atoms with Gasteiger partial charge in [-0.15, -0.1) is 0 Å². The first-order valence-electron chi connectivity index (χ1n) is 5.20. The molecule has 0 aromatic heterocycles. The van der Waals surface area contributed by atoms with Crippen molar-refractivity contribution < 1.29 is 14.3 Å². The second-order valence-corrected chi connectivity index (χ2v) is 3.41. The molecule has 4 heteroatoms. The first-order chi connectivity index (χ1) is 7.76. The Labute approximate surface area is 94.6 Å². The van der Waals surface area contributed by atoms with Crippen molar-refractivity contribution in [1.82, 2.24) is 0 Å². The Morgan fingerprint density at radius 1 is 1.50 bits per heavy atom. The molecule has 1 aromatic carbocycles. The van der Waals surface area contributed by atoms with Gasteiger partial charge in [-0.1, -0.05) is 19.1 Å². The van der Waals surface area contributed by atoms with Crippen LogP contribution in [-0.2, 0) is 20.9 Å². The van der Waals surface area contributed by atoms with Crippen LogP contribution in [0.1, 0.15) is 25.3 Å². The van der Waals surface area contributed by atoms with Gasteiger partial charge in [0.2, 0.25) is 5.91 Å². The molecule has 0 saturated carbocycles. The summed E-state index contributed by atoms with van der Waals surface area (Å²) in [6, 6.07) is 7.24. The Morgan fingerprint density at radius 3 is 3.00 bits per heavy atom. The Balaban J connectivity index is 2.59. The van der Waals surface area contributed by atoms with E-state index >= 15 is 0 Å². The summed E-state index contributed by atoms with van der Waals surface area (Å²) < 4.78 is 4.63. The zero-order valence-corrected chi connectivity index (χ0v) is 9.23. The standard InChI is InChI=1S/C12H15NO3/c1-2-4-12(15)13-11-6-3-5-10(7-11)8-16-9-14/h3,5-7,9H,2,4,8H2,1H3,(H,13,15). The topological polar surface area (TPSA) is 55.4 Å². The molecule has 0 aliphatic rings. The normalized spacial score (nSPS) is 9.56. The molecule has 1 amide bonds. The van der Waals surface area contributed by atoms with Crippen LogP contribution in [0.3, 0.4) is 0 Å². The van der Waals surface area contributed by atoms with Crippen molar-refractivity contribution in [3.05, 3.63) is 29.8 Å². The van der Waals surface area contributed by atoms with Gasteiger partial charge in [0, 0.05) is 12.1 Å². The SMILES string of the molecule is CCCC(=O)Nc1cccc(COC=O)c1. The molecule has 4 nitrogen and oxygen atoms in total. The van der Waals surface area contributed by atoms with Crippen LogP contribution in [0.4, 0.5) is 5.69 Å². The predicted octanol–water partition coefficient (Wildman–Crippen LogP) is 2.10. The van der Waals surface area contributed by atoms with E-state index < -0.39 is 0 Å². The summed E-state index contributed by atoms with van der Waals surface area (Å²) in [5, 5.41) is 2.78. The fourth-order valence-electron chi connectivity index (χ4n) is 1.32. The molecule has 0 saturated heterocycles. The number of carbonyl (C=O) groups is 2. The number of benzene rings is 1. The van der Waals surface area contributed by atoms with E-state index in [2.05, 4.69) is 10.1 Å². The Morgan fingerprint density at radius 2 is 2.31 bits per heavy atom. The van der Waals surface area contributed by atoms with Crippen molar-refractivity contribution in [1.29, 1.82) is 0 Å². The molecule has 0 spiro atoms. The third kappa shape index (κ3) is 4.13. The van der Waals surface area contributed by atoms with Crippen molar-refractivity contribution in [3.8, 4) is 0 Å². The van der Waals surface area contributed by atoms with E-state index in [1.807, 2.05) is 19.1 Å². The van der Waals surface area contributed by atoms with Crippen molar-refractivity contribution in [2.45, 2.75) is 26.4 Å². The van der Waals surface area contributed by atoms with E-state index in [0.29, 0.717) is 12.9 Å². The van der Waals surface area contributed by atoms with Gasteiger partial charge in [0.05, 0.1) is 0 Å². The number of rotatable bonds is 6. The van der Waals surface area contributed by atoms with Gasteiger partial charge in [0.25, 0.3) is 6.47 Å². The summed E-state index contributed by atoms with van der Waals surface area (Å²) in [7, 11) is 0. The van der Waals surface area contributed by atoms with Crippen molar-refractivity contribution >= 4 is 18.1 Å². The van der Waals surface area contributed by atoms with Gasteiger partial charge in [0.15, 0.2) is 0 Å². The second kappa shape index (κ2) is 6.61. The largest absolute Gasteiger partial charge is 0.463 e. The molecule has 0 heterocycles. The van der Waals surface area contributed by atoms with E-state index in [4.69, 9.17) is 0 Å². The molecule has 0 aliphatic carbocycles. The van der Waals surface area contributed by atoms with E-state index in [1.165, 1.54) is 0 Å². The highest BCUT2D eigenvalue weighted by atomic mass is 16.5. The van der Waals surface area contributed by atoms with Crippen LogP contribution in [0.5, 0.6) is 0 Å². The molecule has 0 aliphatic heterocycles. The van der Waals surface area contributed by atoms with E-state index in [0.717, 1.165) is 17.7 Å². The van der Waals surface area contributed by atoms with Crippen LogP contribution in [0.2, 0.25) is 0 Å². The highest BCUT2D eigenvalue weighted by molar-refractivity contribution is 5.90. The smallest absolute Gasteiger partial charge is 0.293 e. The van der Waals surface area contributed by atoms with Crippen LogP contribution in [0.25, 0.3) is 0 Å². The molecule has 1 aromatic rings. The summed E-state index contributed by atoms with van der Waals surface area (Å²) in [4.78, 5) is 21.4. The van der Waals surface area contributed by atoms with Crippen LogP contribution in [0, 0.1) is 0 Å². The summed E-state index contributed by atoms with van der Waals surface area (Å²) in [6.07, 6.45) is 1.33. The average molecular weight is 221 g/mol. The summed E-state index contributed by atoms with van der Waals surface area (Å²) >= 11 is 0. The molecule has 16 heavy (non-hydrogen) atoms. The maximum atomic E-state index is 11.3. The van der Waals surface area contributed by atoms with Gasteiger partial charge in [-0.25, -0.2) is 0 Å². The number of carbonyl (C=O) groups excluding carboxylic acids is 2. The van der Waals surface area contributed by atoms with E-state index in [1.54, 1.807) is 12.1 Å². The Hall–Kier alpha value is -1.84. The minimum Gasteiger partial charge on any atom is -0.463 e. The molecule has 1 N–H and O–H groups in total. The van der Waals surface area contributed by atoms with Crippen LogP contribution in [-0.4, -0.2) is 12.4 Å². The second-order valence-electron chi connectivity index (χ2n) is 3.41. The van der Waals surface area contributed by atoms with Gasteiger partial charge in [-0.2, -0.15) is 0 Å². The number of amides is 1. The first-order valence-corrected chi connectivity index (χ1v) is 5.20. The fourth-order valence-corrected chi connectivity index (χ4v) is 1.32. The van der Waals surface area contributed by atoms with Gasteiger partial charge < -0.3 is 10.1 Å². The minimum absolute atomic E-state index is 0.00374. The zero-order valence-electron chi connectivity index (χ0n) is 9.23. The molecular formula is C12H15NO3. The highest BCUT2D eigenvalue weighted by Crippen LogP contribution is 2.11. The minimum atomic E-state index is -0.00374. The van der Waals surface area contributed by atoms with Crippen molar-refractivity contribution in [3.63, 3.8) is 0 Å². The molecule has 0 atom stereocenters. The van der Waals surface area contributed by atoms with Gasteiger partial charge in [-0.05, 0) is 24.1 Å². The lowest BCUT2D eigenvalue weighted by atomic mass is 10.2. The molecular weight excluding hydrogens is 206 g/mol. The Kier molecular flexibility index (Phi) is 5.05. The monoisotopic (exact) mass is 221 g/mol. The molecule has 1 rings (SSSR count). The summed E-state index contributed by atoms with van der Waals surface area (Å²) in [6.45, 7) is 2.58. The number of anilines is 1. The molecule has 86 valence electrons. The van der Waals surface area contributed by atoms with E-state index in [-0.39, 0.29) is 12.5 Å². The number of hydrogen-bond donors (Lipinski definition) is 1. The van der Waals surface area contributed by atoms with Crippen molar-refractivity contribution in [2.24, 2.45) is 0 Å². The third-order valence-corrected chi connectivity index (χ3v) is 2.01.